The molecule has 1 aromatic rings. The van der Waals surface area contributed by atoms with Crippen molar-refractivity contribution < 1.29 is 4.74 Å². The van der Waals surface area contributed by atoms with Gasteiger partial charge in [0, 0.05) is 0 Å². The van der Waals surface area contributed by atoms with E-state index in [1.54, 1.807) is 11.3 Å². The number of nitrogens with one attached hydrogen (secondary N) is 1. The SMILES string of the molecule is c1cc2c(s1)OCN2. The number of rotatable bonds is 0. The van der Waals surface area contributed by atoms with Crippen molar-refractivity contribution in [2.75, 3.05) is 12.0 Å². The summed E-state index contributed by atoms with van der Waals surface area (Å²) in [6.45, 7) is 0.641. The molecule has 0 saturated carbocycles. The maximum atomic E-state index is 5.15. The van der Waals surface area contributed by atoms with Gasteiger partial charge in [-0.3, -0.25) is 0 Å². The molecular weight excluding hydrogens is 122 g/mol. The second-order valence-corrected chi connectivity index (χ2v) is 2.47. The maximum absolute atomic E-state index is 5.15. The van der Waals surface area contributed by atoms with Crippen LogP contribution in [0.4, 0.5) is 5.69 Å². The molecule has 0 fully saturated rings. The summed E-state index contributed by atoms with van der Waals surface area (Å²) in [6, 6.07) is 2.02. The lowest BCUT2D eigenvalue weighted by molar-refractivity contribution is 0.382. The molecule has 1 N–H and O–H groups in total. The Morgan fingerprint density at radius 3 is 3.62 bits per heavy atom. The van der Waals surface area contributed by atoms with Crippen LogP contribution >= 0.6 is 11.3 Å². The molecule has 0 aliphatic carbocycles. The van der Waals surface area contributed by atoms with Crippen molar-refractivity contribution in [1.82, 2.24) is 0 Å². The average molecular weight is 127 g/mol. The lowest BCUT2D eigenvalue weighted by Gasteiger charge is -1.86. The molecule has 1 aliphatic heterocycles. The summed E-state index contributed by atoms with van der Waals surface area (Å²) in [4.78, 5) is 0. The van der Waals surface area contributed by atoms with Crippen LogP contribution in [0.2, 0.25) is 0 Å². The number of ether oxygens (including phenoxy) is 1. The van der Waals surface area contributed by atoms with Crippen molar-refractivity contribution in [3.05, 3.63) is 11.4 Å². The van der Waals surface area contributed by atoms with Gasteiger partial charge in [0.05, 0.1) is 5.69 Å². The summed E-state index contributed by atoms with van der Waals surface area (Å²) < 4.78 is 5.15. The summed E-state index contributed by atoms with van der Waals surface area (Å²) in [7, 11) is 0. The molecule has 2 nitrogen and oxygen atoms in total. The van der Waals surface area contributed by atoms with Gasteiger partial charge < -0.3 is 10.1 Å². The van der Waals surface area contributed by atoms with Gasteiger partial charge in [-0.05, 0) is 11.4 Å². The van der Waals surface area contributed by atoms with E-state index in [0.29, 0.717) is 6.73 Å². The third-order valence-corrected chi connectivity index (χ3v) is 1.92. The van der Waals surface area contributed by atoms with Crippen molar-refractivity contribution >= 4 is 17.0 Å². The van der Waals surface area contributed by atoms with Gasteiger partial charge in [-0.15, -0.1) is 11.3 Å². The fourth-order valence-corrected chi connectivity index (χ4v) is 1.44. The Kier molecular flexibility index (Phi) is 0.729. The summed E-state index contributed by atoms with van der Waals surface area (Å²) in [5, 5.41) is 6.10. The maximum Gasteiger partial charge on any atom is 0.199 e. The zero-order chi connectivity index (χ0) is 5.40. The zero-order valence-corrected chi connectivity index (χ0v) is 4.99. The van der Waals surface area contributed by atoms with Crippen LogP contribution in [0.3, 0.4) is 0 Å². The monoisotopic (exact) mass is 127 g/mol. The van der Waals surface area contributed by atoms with E-state index in [2.05, 4.69) is 5.32 Å². The van der Waals surface area contributed by atoms with Gasteiger partial charge in [-0.2, -0.15) is 0 Å². The van der Waals surface area contributed by atoms with E-state index in [1.807, 2.05) is 11.4 Å². The first-order valence-corrected chi connectivity index (χ1v) is 3.29. The molecule has 0 unspecified atom stereocenters. The second-order valence-electron chi connectivity index (χ2n) is 1.59. The van der Waals surface area contributed by atoms with E-state index in [9.17, 15) is 0 Å². The summed E-state index contributed by atoms with van der Waals surface area (Å²) in [6.07, 6.45) is 0. The third-order valence-electron chi connectivity index (χ3n) is 1.10. The highest BCUT2D eigenvalue weighted by Crippen LogP contribution is 2.34. The van der Waals surface area contributed by atoms with Gasteiger partial charge in [0.15, 0.2) is 11.8 Å². The van der Waals surface area contributed by atoms with Crippen molar-refractivity contribution in [2.45, 2.75) is 0 Å². The van der Waals surface area contributed by atoms with Crippen LogP contribution in [0.1, 0.15) is 0 Å². The fraction of sp³-hybridized carbons (Fsp3) is 0.200. The first-order valence-electron chi connectivity index (χ1n) is 2.41. The van der Waals surface area contributed by atoms with E-state index < -0.39 is 0 Å². The Morgan fingerprint density at radius 1 is 1.75 bits per heavy atom. The van der Waals surface area contributed by atoms with E-state index >= 15 is 0 Å². The first kappa shape index (κ1) is 4.21. The molecule has 0 aromatic carbocycles. The van der Waals surface area contributed by atoms with Crippen LogP contribution in [-0.2, 0) is 0 Å². The van der Waals surface area contributed by atoms with Gasteiger partial charge in [-0.1, -0.05) is 0 Å². The minimum atomic E-state index is 0.641. The topological polar surface area (TPSA) is 21.3 Å². The average Bonchev–Trinajstić information content (AvgIpc) is 2.15. The lowest BCUT2D eigenvalue weighted by atomic mass is 10.5. The Morgan fingerprint density at radius 2 is 2.75 bits per heavy atom. The van der Waals surface area contributed by atoms with Crippen molar-refractivity contribution in [3.63, 3.8) is 0 Å². The highest BCUT2D eigenvalue weighted by atomic mass is 32.1. The highest BCUT2D eigenvalue weighted by Gasteiger charge is 2.09. The predicted octanol–water partition coefficient (Wildman–Crippen LogP) is 1.51. The van der Waals surface area contributed by atoms with E-state index in [1.165, 1.54) is 0 Å². The highest BCUT2D eigenvalue weighted by molar-refractivity contribution is 7.12. The van der Waals surface area contributed by atoms with Crippen LogP contribution in [0, 0.1) is 0 Å². The predicted molar refractivity (Wildman–Crippen MR) is 33.4 cm³/mol. The number of thiophene rings is 1. The van der Waals surface area contributed by atoms with E-state index in [4.69, 9.17) is 4.74 Å². The molecule has 0 spiro atoms. The standard InChI is InChI=1S/C5H5NOS/c1-2-8-5-4(1)6-3-7-5/h1-2,6H,3H2. The normalized spacial score (nSPS) is 14.5. The van der Waals surface area contributed by atoms with Crippen LogP contribution in [0.25, 0.3) is 0 Å². The second kappa shape index (κ2) is 1.39. The molecule has 3 heteroatoms. The molecular formula is C5H5NOS. The molecule has 2 heterocycles. The molecule has 0 amide bonds. The van der Waals surface area contributed by atoms with Gasteiger partial charge in [-0.25, -0.2) is 0 Å². The van der Waals surface area contributed by atoms with Crippen molar-refractivity contribution in [3.8, 4) is 5.06 Å². The van der Waals surface area contributed by atoms with Crippen LogP contribution < -0.4 is 10.1 Å². The summed E-state index contributed by atoms with van der Waals surface area (Å²) >= 11 is 1.63. The zero-order valence-electron chi connectivity index (χ0n) is 4.18. The van der Waals surface area contributed by atoms with E-state index in [0.717, 1.165) is 10.8 Å². The Labute approximate surface area is 51.1 Å². The lowest BCUT2D eigenvalue weighted by Crippen LogP contribution is -1.96. The van der Waals surface area contributed by atoms with Crippen LogP contribution in [0.5, 0.6) is 5.06 Å². The van der Waals surface area contributed by atoms with Gasteiger partial charge in [0.1, 0.15) is 0 Å². The third kappa shape index (κ3) is 0.419. The van der Waals surface area contributed by atoms with Crippen LogP contribution in [0.15, 0.2) is 11.4 Å². The summed E-state index contributed by atoms with van der Waals surface area (Å²) in [5.41, 5.74) is 1.13. The molecule has 0 bridgehead atoms. The molecule has 8 heavy (non-hydrogen) atoms. The minimum Gasteiger partial charge on any atom is -0.462 e. The molecule has 0 atom stereocenters. The molecule has 2 rings (SSSR count). The molecule has 0 radical (unpaired) electrons. The smallest absolute Gasteiger partial charge is 0.199 e. The first-order chi connectivity index (χ1) is 3.97. The Hall–Kier alpha value is -0.700. The van der Waals surface area contributed by atoms with Crippen molar-refractivity contribution in [1.29, 1.82) is 0 Å². The van der Waals surface area contributed by atoms with Gasteiger partial charge in [0.2, 0.25) is 0 Å². The number of anilines is 1. The molecule has 42 valence electrons. The molecule has 0 saturated heterocycles. The largest absolute Gasteiger partial charge is 0.462 e. The Bertz CT molecular complexity index is 178. The molecule has 1 aliphatic rings. The van der Waals surface area contributed by atoms with Gasteiger partial charge >= 0.3 is 0 Å². The summed E-state index contributed by atoms with van der Waals surface area (Å²) in [5.74, 6) is 0. The number of fused-ring (bicyclic) bond motifs is 1. The van der Waals surface area contributed by atoms with E-state index in [-0.39, 0.29) is 0 Å². The fourth-order valence-electron chi connectivity index (χ4n) is 0.718. The van der Waals surface area contributed by atoms with Crippen molar-refractivity contribution in [2.24, 2.45) is 0 Å². The molecule has 1 aromatic heterocycles. The quantitative estimate of drug-likeness (QED) is 0.570. The van der Waals surface area contributed by atoms with Gasteiger partial charge in [0.25, 0.3) is 0 Å². The number of hydrogen-bond acceptors (Lipinski definition) is 3. The minimum absolute atomic E-state index is 0.641. The van der Waals surface area contributed by atoms with Crippen LogP contribution in [-0.4, -0.2) is 6.73 Å². The number of hydrogen-bond donors (Lipinski definition) is 1. The Balaban J connectivity index is 2.54.